The van der Waals surface area contributed by atoms with Gasteiger partial charge in [-0.05, 0) is 49.2 Å². The van der Waals surface area contributed by atoms with E-state index in [9.17, 15) is 13.2 Å². The Balaban J connectivity index is 1.49. The number of aromatic nitrogens is 2. The predicted octanol–water partition coefficient (Wildman–Crippen LogP) is 4.04. The average molecular weight is 493 g/mol. The molecular formula is C22H22Cl2N4O3S. The molecule has 0 radical (unpaired) electrons. The molecule has 0 atom stereocenters. The Morgan fingerprint density at radius 2 is 1.81 bits per heavy atom. The minimum Gasteiger partial charge on any atom is -0.348 e. The summed E-state index contributed by atoms with van der Waals surface area (Å²) in [6.45, 7) is 0.314. The van der Waals surface area contributed by atoms with Crippen molar-refractivity contribution in [2.75, 3.05) is 7.05 Å². The quantitative estimate of drug-likeness (QED) is 0.496. The van der Waals surface area contributed by atoms with E-state index < -0.39 is 10.0 Å². The minimum atomic E-state index is -3.33. The molecule has 1 aromatic heterocycles. The van der Waals surface area contributed by atoms with Crippen molar-refractivity contribution < 1.29 is 13.2 Å². The molecule has 0 spiro atoms. The monoisotopic (exact) mass is 492 g/mol. The van der Waals surface area contributed by atoms with Crippen LogP contribution in [0.4, 0.5) is 0 Å². The van der Waals surface area contributed by atoms with Crippen LogP contribution in [0.2, 0.25) is 10.0 Å². The molecule has 3 aromatic rings. The molecule has 1 aliphatic rings. The number of nitrogens with one attached hydrogen (secondary N) is 2. The largest absolute Gasteiger partial charge is 0.348 e. The number of halogens is 2. The Hall–Kier alpha value is -2.39. The molecule has 168 valence electrons. The summed E-state index contributed by atoms with van der Waals surface area (Å²) < 4.78 is 27.4. The second kappa shape index (κ2) is 9.23. The lowest BCUT2D eigenvalue weighted by Crippen LogP contribution is -2.24. The highest BCUT2D eigenvalue weighted by Gasteiger charge is 2.33. The average Bonchev–Trinajstić information content (AvgIpc) is 3.51. The number of rotatable bonds is 8. The molecule has 2 N–H and O–H groups in total. The summed E-state index contributed by atoms with van der Waals surface area (Å²) in [4.78, 5) is 12.9. The molecule has 2 aromatic carbocycles. The second-order valence-corrected chi connectivity index (χ2v) is 10.5. The van der Waals surface area contributed by atoms with E-state index in [1.165, 1.54) is 7.05 Å². The maximum Gasteiger partial charge on any atom is 0.255 e. The first-order valence-corrected chi connectivity index (χ1v) is 12.5. The van der Waals surface area contributed by atoms with Crippen LogP contribution in [0.5, 0.6) is 0 Å². The molecule has 0 saturated heterocycles. The van der Waals surface area contributed by atoms with Crippen LogP contribution in [-0.4, -0.2) is 31.2 Å². The van der Waals surface area contributed by atoms with Crippen molar-refractivity contribution in [3.63, 3.8) is 0 Å². The van der Waals surface area contributed by atoms with Gasteiger partial charge in [0.25, 0.3) is 5.91 Å². The highest BCUT2D eigenvalue weighted by Crippen LogP contribution is 2.43. The normalized spacial score (nSPS) is 13.8. The maximum absolute atomic E-state index is 12.9. The smallest absolute Gasteiger partial charge is 0.255 e. The van der Waals surface area contributed by atoms with E-state index in [1.807, 2.05) is 0 Å². The Morgan fingerprint density at radius 1 is 1.12 bits per heavy atom. The van der Waals surface area contributed by atoms with Crippen LogP contribution in [0.15, 0.2) is 48.7 Å². The van der Waals surface area contributed by atoms with Crippen molar-refractivity contribution in [3.05, 3.63) is 81.1 Å². The summed E-state index contributed by atoms with van der Waals surface area (Å²) >= 11 is 12.4. The van der Waals surface area contributed by atoms with Crippen molar-refractivity contribution in [1.82, 2.24) is 19.8 Å². The van der Waals surface area contributed by atoms with E-state index in [2.05, 4.69) is 15.1 Å². The fraction of sp³-hybridized carbons (Fsp3) is 0.273. The molecular weight excluding hydrogens is 471 g/mol. The van der Waals surface area contributed by atoms with E-state index in [0.717, 1.165) is 24.1 Å². The van der Waals surface area contributed by atoms with Crippen molar-refractivity contribution in [2.24, 2.45) is 0 Å². The molecule has 0 aliphatic heterocycles. The van der Waals surface area contributed by atoms with Gasteiger partial charge in [0.1, 0.15) is 0 Å². The van der Waals surface area contributed by atoms with Gasteiger partial charge in [-0.1, -0.05) is 47.5 Å². The number of sulfonamides is 1. The third-order valence-corrected chi connectivity index (χ3v) is 7.17. The fourth-order valence-corrected chi connectivity index (χ4v) is 4.71. The summed E-state index contributed by atoms with van der Waals surface area (Å²) in [6.07, 6.45) is 3.56. The van der Waals surface area contributed by atoms with Gasteiger partial charge < -0.3 is 5.32 Å². The number of amides is 1. The number of hydrogen-bond donors (Lipinski definition) is 2. The lowest BCUT2D eigenvalue weighted by molar-refractivity contribution is 0.0950. The van der Waals surface area contributed by atoms with E-state index in [0.29, 0.717) is 33.4 Å². The molecule has 32 heavy (non-hydrogen) atoms. The Morgan fingerprint density at radius 3 is 2.44 bits per heavy atom. The van der Waals surface area contributed by atoms with Crippen molar-refractivity contribution >= 4 is 39.1 Å². The molecule has 4 rings (SSSR count). The highest BCUT2D eigenvalue weighted by atomic mass is 35.5. The summed E-state index contributed by atoms with van der Waals surface area (Å²) in [5, 5.41) is 8.36. The van der Waals surface area contributed by atoms with Crippen LogP contribution in [-0.2, 0) is 22.3 Å². The topological polar surface area (TPSA) is 93.1 Å². The predicted molar refractivity (Wildman–Crippen MR) is 125 cm³/mol. The van der Waals surface area contributed by atoms with E-state index in [-0.39, 0.29) is 17.6 Å². The van der Waals surface area contributed by atoms with Gasteiger partial charge in [-0.3, -0.25) is 4.79 Å². The summed E-state index contributed by atoms with van der Waals surface area (Å²) in [5.74, 6) is -0.0451. The van der Waals surface area contributed by atoms with Crippen molar-refractivity contribution in [3.8, 4) is 5.69 Å². The summed E-state index contributed by atoms with van der Waals surface area (Å²) in [7, 11) is -1.94. The van der Waals surface area contributed by atoms with Crippen LogP contribution in [0.1, 0.15) is 45.9 Å². The maximum atomic E-state index is 12.9. The number of benzene rings is 2. The SMILES string of the molecule is CNS(=O)(=O)Cc1ccc(CNC(=O)c2cnn(-c3ccc(Cl)cc3Cl)c2C2CC2)cc1. The number of carbonyl (C=O) groups is 1. The number of hydrogen-bond acceptors (Lipinski definition) is 4. The molecule has 1 saturated carbocycles. The molecule has 0 bridgehead atoms. The molecule has 1 heterocycles. The Kier molecular flexibility index (Phi) is 6.57. The molecule has 7 nitrogen and oxygen atoms in total. The van der Waals surface area contributed by atoms with Gasteiger partial charge in [-0.15, -0.1) is 0 Å². The molecule has 1 fully saturated rings. The first-order valence-electron chi connectivity index (χ1n) is 10.1. The molecule has 0 unspecified atom stereocenters. The number of carbonyl (C=O) groups excluding carboxylic acids is 1. The van der Waals surface area contributed by atoms with Gasteiger partial charge >= 0.3 is 0 Å². The van der Waals surface area contributed by atoms with Gasteiger partial charge in [-0.2, -0.15) is 5.10 Å². The van der Waals surface area contributed by atoms with Gasteiger partial charge in [0.15, 0.2) is 0 Å². The Labute approximate surface area is 196 Å². The van der Waals surface area contributed by atoms with Crippen LogP contribution in [0, 0.1) is 0 Å². The lowest BCUT2D eigenvalue weighted by atomic mass is 10.1. The van der Waals surface area contributed by atoms with Gasteiger partial charge in [-0.25, -0.2) is 17.8 Å². The van der Waals surface area contributed by atoms with Crippen LogP contribution < -0.4 is 10.0 Å². The fourth-order valence-electron chi connectivity index (χ4n) is 3.45. The van der Waals surface area contributed by atoms with Gasteiger partial charge in [0.05, 0.1) is 33.9 Å². The molecule has 10 heteroatoms. The third-order valence-electron chi connectivity index (χ3n) is 5.30. The molecule has 1 aliphatic carbocycles. The van der Waals surface area contributed by atoms with E-state index in [1.54, 1.807) is 53.3 Å². The summed E-state index contributed by atoms with van der Waals surface area (Å²) in [5.41, 5.74) is 3.59. The van der Waals surface area contributed by atoms with Crippen LogP contribution in [0.25, 0.3) is 5.69 Å². The van der Waals surface area contributed by atoms with Crippen LogP contribution in [0.3, 0.4) is 0 Å². The zero-order valence-corrected chi connectivity index (χ0v) is 19.6. The minimum absolute atomic E-state index is 0.0900. The Bertz CT molecular complexity index is 1250. The van der Waals surface area contributed by atoms with Crippen molar-refractivity contribution in [2.45, 2.75) is 31.1 Å². The summed E-state index contributed by atoms with van der Waals surface area (Å²) in [6, 6.07) is 12.3. The third kappa shape index (κ3) is 5.15. The highest BCUT2D eigenvalue weighted by molar-refractivity contribution is 7.88. The zero-order valence-electron chi connectivity index (χ0n) is 17.3. The van der Waals surface area contributed by atoms with Crippen LogP contribution >= 0.6 is 23.2 Å². The number of nitrogens with zero attached hydrogens (tertiary/aromatic N) is 2. The second-order valence-electron chi connectivity index (χ2n) is 7.69. The lowest BCUT2D eigenvalue weighted by Gasteiger charge is -2.11. The van der Waals surface area contributed by atoms with Gasteiger partial charge in [0.2, 0.25) is 10.0 Å². The van der Waals surface area contributed by atoms with Crippen molar-refractivity contribution in [1.29, 1.82) is 0 Å². The first kappa shape index (κ1) is 22.8. The van der Waals surface area contributed by atoms with E-state index >= 15 is 0 Å². The standard InChI is InChI=1S/C22H22Cl2N4O3S/c1-25-32(30,31)13-15-4-2-14(3-5-15)11-26-22(29)18-12-27-28(21(18)16-6-7-16)20-9-8-17(23)10-19(20)24/h2-5,8-10,12,16,25H,6-7,11,13H2,1H3,(H,26,29). The molecule has 1 amide bonds. The van der Waals surface area contributed by atoms with E-state index in [4.69, 9.17) is 23.2 Å². The van der Waals surface area contributed by atoms with Gasteiger partial charge in [0, 0.05) is 17.5 Å². The zero-order chi connectivity index (χ0) is 22.9. The first-order chi connectivity index (χ1) is 15.3.